The van der Waals surface area contributed by atoms with Crippen molar-refractivity contribution in [3.63, 3.8) is 0 Å². The van der Waals surface area contributed by atoms with E-state index >= 15 is 0 Å². The van der Waals surface area contributed by atoms with E-state index in [1.165, 1.54) is 0 Å². The third kappa shape index (κ3) is 3.81. The summed E-state index contributed by atoms with van der Waals surface area (Å²) < 4.78 is 5.25. The molecule has 0 aromatic rings. The fraction of sp³-hybridized carbons (Fsp3) is 0.778. The van der Waals surface area contributed by atoms with Crippen molar-refractivity contribution >= 4 is 11.9 Å². The smallest absolute Gasteiger partial charge is 0.218 e. The molecule has 1 aliphatic rings. The van der Waals surface area contributed by atoms with Crippen LogP contribution in [-0.4, -0.2) is 64.8 Å². The van der Waals surface area contributed by atoms with Crippen molar-refractivity contribution in [3.8, 4) is 0 Å². The average Bonchev–Trinajstić information content (AvgIpc) is 2.56. The van der Waals surface area contributed by atoms with Gasteiger partial charge >= 0.3 is 0 Å². The molecule has 0 saturated carbocycles. The predicted octanol–water partition coefficient (Wildman–Crippen LogP) is -3.55. The van der Waals surface area contributed by atoms with E-state index in [4.69, 9.17) is 27.0 Å². The molecule has 0 radical (unpaired) electrons. The number of aliphatic hydroxyl groups is 3. The summed E-state index contributed by atoms with van der Waals surface area (Å²) in [5, 5.41) is 28.0. The number of nitrogens with zero attached hydrogens (tertiary/aromatic N) is 2. The van der Waals surface area contributed by atoms with Gasteiger partial charge in [0.2, 0.25) is 5.96 Å². The van der Waals surface area contributed by atoms with Crippen molar-refractivity contribution in [3.05, 3.63) is 0 Å². The quantitative estimate of drug-likeness (QED) is 0.224. The Hall–Kier alpha value is -1.42. The minimum atomic E-state index is -1.10. The molecular weight excluding hydrogens is 242 g/mol. The number of hydrogen-bond donors (Lipinski definition) is 6. The van der Waals surface area contributed by atoms with Gasteiger partial charge in [-0.05, 0) is 6.42 Å². The van der Waals surface area contributed by atoms with Crippen molar-refractivity contribution in [2.45, 2.75) is 30.8 Å². The van der Waals surface area contributed by atoms with Gasteiger partial charge in [0.25, 0.3) is 0 Å². The normalized spacial score (nSPS) is 32.5. The van der Waals surface area contributed by atoms with Crippen LogP contribution in [0.2, 0.25) is 0 Å². The second-order valence-electron chi connectivity index (χ2n) is 3.94. The molecule has 0 aromatic heterocycles. The van der Waals surface area contributed by atoms with Crippen LogP contribution in [0.15, 0.2) is 9.98 Å². The number of nitrogens with two attached hydrogens (primary N) is 3. The molecule has 0 aliphatic carbocycles. The summed E-state index contributed by atoms with van der Waals surface area (Å²) in [6.07, 6.45) is -3.20. The molecule has 4 atom stereocenters. The molecule has 1 aliphatic heterocycles. The Kier molecular flexibility index (Phi) is 5.28. The second-order valence-corrected chi connectivity index (χ2v) is 3.94. The Morgan fingerprint density at radius 1 is 1.11 bits per heavy atom. The number of ether oxygens (including phenoxy) is 1. The summed E-state index contributed by atoms with van der Waals surface area (Å²) in [7, 11) is 0. The minimum absolute atomic E-state index is 0.0678. The van der Waals surface area contributed by atoms with Gasteiger partial charge in [0.15, 0.2) is 5.96 Å². The molecule has 1 fully saturated rings. The molecule has 0 spiro atoms. The van der Waals surface area contributed by atoms with E-state index in [0.29, 0.717) is 6.42 Å². The Morgan fingerprint density at radius 3 is 2.22 bits per heavy atom. The predicted molar refractivity (Wildman–Crippen MR) is 64.7 cm³/mol. The van der Waals surface area contributed by atoms with Crippen LogP contribution in [0.4, 0.5) is 0 Å². The van der Waals surface area contributed by atoms with Crippen LogP contribution in [0, 0.1) is 0 Å². The van der Waals surface area contributed by atoms with Gasteiger partial charge in [0.05, 0.1) is 12.7 Å². The fourth-order valence-corrected chi connectivity index (χ4v) is 1.69. The average molecular weight is 261 g/mol. The lowest BCUT2D eigenvalue weighted by Crippen LogP contribution is -2.34. The number of aliphatic hydroxyl groups excluding tert-OH is 3. The topological polar surface area (TPSA) is 173 Å². The second kappa shape index (κ2) is 6.50. The Balaban J connectivity index is 2.43. The summed E-state index contributed by atoms with van der Waals surface area (Å²) in [5.41, 5.74) is 15.6. The molecule has 9 heteroatoms. The summed E-state index contributed by atoms with van der Waals surface area (Å²) >= 11 is 0. The molecule has 1 saturated heterocycles. The monoisotopic (exact) mass is 261 g/mol. The summed E-state index contributed by atoms with van der Waals surface area (Å²) in [6.45, 7) is -0.122. The standard InChI is InChI=1S/C9H19N5O4/c10-8(11)14-9(12)13-2-1-4-6(16)7(17)5(3-15)18-4/h4-7,15-17H,1-3H2,(H6,10,11,12,13,14)/t4?,5?,6?,7-/m1/s1. The van der Waals surface area contributed by atoms with E-state index < -0.39 is 24.4 Å². The number of aliphatic imine (C=N–C) groups is 2. The lowest BCUT2D eigenvalue weighted by Gasteiger charge is -2.12. The first-order valence-corrected chi connectivity index (χ1v) is 5.47. The van der Waals surface area contributed by atoms with Crippen molar-refractivity contribution in [2.24, 2.45) is 27.2 Å². The molecule has 0 amide bonds. The fourth-order valence-electron chi connectivity index (χ4n) is 1.69. The zero-order valence-corrected chi connectivity index (χ0v) is 9.81. The highest BCUT2D eigenvalue weighted by atomic mass is 16.6. The lowest BCUT2D eigenvalue weighted by atomic mass is 10.1. The highest BCUT2D eigenvalue weighted by molar-refractivity contribution is 5.92. The largest absolute Gasteiger partial charge is 0.394 e. The molecule has 3 unspecified atom stereocenters. The van der Waals surface area contributed by atoms with Crippen molar-refractivity contribution in [2.75, 3.05) is 13.2 Å². The molecule has 1 heterocycles. The molecule has 9 N–H and O–H groups in total. The summed E-state index contributed by atoms with van der Waals surface area (Å²) in [6, 6.07) is 0. The first kappa shape index (κ1) is 14.6. The molecule has 104 valence electrons. The van der Waals surface area contributed by atoms with Crippen LogP contribution in [0.25, 0.3) is 0 Å². The molecule has 18 heavy (non-hydrogen) atoms. The van der Waals surface area contributed by atoms with Crippen LogP contribution in [0.1, 0.15) is 6.42 Å². The van der Waals surface area contributed by atoms with Gasteiger partial charge in [-0.1, -0.05) is 0 Å². The molecule has 0 aromatic carbocycles. The Labute approximate surface area is 104 Å². The number of hydrogen-bond acceptors (Lipinski definition) is 5. The van der Waals surface area contributed by atoms with Gasteiger partial charge in [-0.15, -0.1) is 0 Å². The van der Waals surface area contributed by atoms with Gasteiger partial charge in [0.1, 0.15) is 18.3 Å². The van der Waals surface area contributed by atoms with Crippen LogP contribution in [0.3, 0.4) is 0 Å². The van der Waals surface area contributed by atoms with E-state index in [2.05, 4.69) is 9.98 Å². The first-order valence-electron chi connectivity index (χ1n) is 5.47. The van der Waals surface area contributed by atoms with Gasteiger partial charge < -0.3 is 37.3 Å². The zero-order valence-electron chi connectivity index (χ0n) is 9.81. The molecular formula is C9H19N5O4. The van der Waals surface area contributed by atoms with E-state index in [-0.39, 0.29) is 25.1 Å². The zero-order chi connectivity index (χ0) is 13.7. The maximum Gasteiger partial charge on any atom is 0.218 e. The Bertz CT molecular complexity index is 331. The highest BCUT2D eigenvalue weighted by Gasteiger charge is 2.41. The summed E-state index contributed by atoms with van der Waals surface area (Å²) in [4.78, 5) is 7.36. The van der Waals surface area contributed by atoms with E-state index in [0.717, 1.165) is 0 Å². The molecule has 9 nitrogen and oxygen atoms in total. The van der Waals surface area contributed by atoms with Crippen LogP contribution in [0.5, 0.6) is 0 Å². The van der Waals surface area contributed by atoms with Gasteiger partial charge in [-0.3, -0.25) is 4.99 Å². The maximum absolute atomic E-state index is 9.64. The molecule has 0 bridgehead atoms. The SMILES string of the molecule is NC(N)=NC(N)=NCCC1OC(CO)[C@@H](O)C1O. The Morgan fingerprint density at radius 2 is 1.72 bits per heavy atom. The lowest BCUT2D eigenvalue weighted by molar-refractivity contribution is -0.0232. The van der Waals surface area contributed by atoms with Gasteiger partial charge in [-0.2, -0.15) is 4.99 Å². The minimum Gasteiger partial charge on any atom is -0.394 e. The highest BCUT2D eigenvalue weighted by Crippen LogP contribution is 2.23. The third-order valence-electron chi connectivity index (χ3n) is 2.57. The third-order valence-corrected chi connectivity index (χ3v) is 2.57. The summed E-state index contributed by atoms with van der Waals surface area (Å²) in [5.74, 6) is -0.258. The van der Waals surface area contributed by atoms with E-state index in [1.807, 2.05) is 0 Å². The number of guanidine groups is 2. The van der Waals surface area contributed by atoms with Gasteiger partial charge in [-0.25, -0.2) is 0 Å². The van der Waals surface area contributed by atoms with Crippen LogP contribution >= 0.6 is 0 Å². The van der Waals surface area contributed by atoms with E-state index in [9.17, 15) is 10.2 Å². The van der Waals surface area contributed by atoms with E-state index in [1.54, 1.807) is 0 Å². The van der Waals surface area contributed by atoms with Crippen LogP contribution in [-0.2, 0) is 4.74 Å². The van der Waals surface area contributed by atoms with Crippen molar-refractivity contribution in [1.82, 2.24) is 0 Å². The number of rotatable bonds is 4. The van der Waals surface area contributed by atoms with Crippen LogP contribution < -0.4 is 17.2 Å². The van der Waals surface area contributed by atoms with Crippen molar-refractivity contribution in [1.29, 1.82) is 0 Å². The van der Waals surface area contributed by atoms with Gasteiger partial charge in [0, 0.05) is 6.54 Å². The van der Waals surface area contributed by atoms with Crippen molar-refractivity contribution < 1.29 is 20.1 Å². The molecule has 1 rings (SSSR count). The maximum atomic E-state index is 9.64. The first-order chi connectivity index (χ1) is 8.45.